The van der Waals surface area contributed by atoms with Crippen molar-refractivity contribution in [1.29, 1.82) is 0 Å². The molecule has 6 rings (SSSR count). The third-order valence-corrected chi connectivity index (χ3v) is 10.8. The molecule has 2 saturated heterocycles. The summed E-state index contributed by atoms with van der Waals surface area (Å²) in [6.07, 6.45) is -0.527. The normalized spacial score (nSPS) is 26.0. The molecule has 48 heavy (non-hydrogen) atoms. The summed E-state index contributed by atoms with van der Waals surface area (Å²) in [6.45, 7) is 5.88. The maximum absolute atomic E-state index is 14.6. The van der Waals surface area contributed by atoms with Gasteiger partial charge in [-0.1, -0.05) is 13.8 Å². The van der Waals surface area contributed by atoms with Gasteiger partial charge in [-0.05, 0) is 20.1 Å². The van der Waals surface area contributed by atoms with Crippen LogP contribution in [0.25, 0.3) is 22.3 Å². The zero-order chi connectivity index (χ0) is 34.2. The molecule has 0 aliphatic carbocycles. The smallest absolute Gasteiger partial charge is 0.394 e. The van der Waals surface area contributed by atoms with Crippen LogP contribution < -0.4 is 17.0 Å². The van der Waals surface area contributed by atoms with Gasteiger partial charge in [-0.2, -0.15) is 4.98 Å². The Balaban J connectivity index is 1.20. The lowest BCUT2D eigenvalue weighted by atomic mass is 10.2. The number of ether oxygens (including phenoxy) is 2. The molecule has 0 aromatic carbocycles. The Morgan fingerprint density at radius 1 is 1.02 bits per heavy atom. The van der Waals surface area contributed by atoms with Crippen molar-refractivity contribution in [2.45, 2.75) is 63.6 Å². The van der Waals surface area contributed by atoms with Crippen LogP contribution in [0.5, 0.6) is 0 Å². The van der Waals surface area contributed by atoms with Gasteiger partial charge in [0.2, 0.25) is 5.95 Å². The van der Waals surface area contributed by atoms with Gasteiger partial charge in [0.05, 0.1) is 32.0 Å². The summed E-state index contributed by atoms with van der Waals surface area (Å²) in [5, 5.41) is 21.2. The van der Waals surface area contributed by atoms with Crippen LogP contribution in [-0.4, -0.2) is 130 Å². The number of aliphatic hydroxyl groups is 2. The largest absolute Gasteiger partial charge is 0.408 e. The number of aromatic nitrogens is 8. The molecular formula is C27H41N12O8P. The molecular weight excluding hydrogens is 651 g/mol. The predicted octanol–water partition coefficient (Wildman–Crippen LogP) is -0.164. The second kappa shape index (κ2) is 14.1. The molecule has 4 aromatic heterocycles. The Kier molecular flexibility index (Phi) is 10.1. The molecule has 2 aliphatic heterocycles. The van der Waals surface area contributed by atoms with E-state index in [0.717, 1.165) is 13.1 Å². The molecule has 20 nitrogen and oxygen atoms in total. The molecule has 7 atom stereocenters. The van der Waals surface area contributed by atoms with E-state index in [1.54, 1.807) is 11.6 Å². The van der Waals surface area contributed by atoms with Gasteiger partial charge in [0.1, 0.15) is 42.6 Å². The molecule has 0 amide bonds. The zero-order valence-electron chi connectivity index (χ0n) is 26.8. The highest BCUT2D eigenvalue weighted by molar-refractivity contribution is 7.51. The minimum absolute atomic E-state index is 0.0739. The van der Waals surface area contributed by atoms with Gasteiger partial charge in [0, 0.05) is 25.9 Å². The van der Waals surface area contributed by atoms with Gasteiger partial charge in [-0.3, -0.25) is 28.0 Å². The Bertz CT molecular complexity index is 1830. The SMILES string of the molecule is CCN(CC)CCN(C)P(=O)(OC[C@H]1O[C@@H](n2cnc3c(=O)[nH]c(N)nc32)C[C@H]1O)O[C@@H]1C[C@H](n2cnc3c(N)ncnc32)O[C@@H]1CO. The number of hydrogen-bond acceptors (Lipinski definition) is 16. The fourth-order valence-corrected chi connectivity index (χ4v) is 7.57. The van der Waals surface area contributed by atoms with E-state index in [0.29, 0.717) is 24.3 Å². The first kappa shape index (κ1) is 34.3. The molecule has 0 radical (unpaired) electrons. The molecule has 7 N–H and O–H groups in total. The number of H-pyrrole nitrogens is 1. The minimum atomic E-state index is -4.10. The molecule has 0 saturated carbocycles. The number of nitrogens with one attached hydrogen (secondary N) is 1. The lowest BCUT2D eigenvalue weighted by Gasteiger charge is -2.32. The Morgan fingerprint density at radius 2 is 1.71 bits per heavy atom. The third-order valence-electron chi connectivity index (χ3n) is 8.75. The second-order valence-electron chi connectivity index (χ2n) is 11.7. The van der Waals surface area contributed by atoms with Crippen LogP contribution in [0.3, 0.4) is 0 Å². The number of imidazole rings is 2. The average Bonchev–Trinajstić information content (AvgIpc) is 3.85. The third kappa shape index (κ3) is 6.67. The van der Waals surface area contributed by atoms with E-state index < -0.39 is 56.8 Å². The van der Waals surface area contributed by atoms with Gasteiger partial charge in [0.15, 0.2) is 22.6 Å². The van der Waals surface area contributed by atoms with E-state index in [1.807, 2.05) is 13.8 Å². The summed E-state index contributed by atoms with van der Waals surface area (Å²) >= 11 is 0. The standard InChI is InChI=1S/C27H41N12O8P/c1-4-37(5-2)7-6-36(3)48(43,47-16-9-20(45-17(16)10-40)38-13-32-21-23(28)30-12-31-24(21)38)44-11-18-15(41)8-19(46-18)39-14-33-22-25(39)34-27(29)35-26(22)42/h12-20,40-41H,4-11H2,1-3H3,(H2,28,30,31)(H3,29,34,35,42)/t15-,16-,17-,18-,19-,20-,48?/m1/s1. The number of hydrogen-bond donors (Lipinski definition) is 5. The van der Waals surface area contributed by atoms with Crippen LogP contribution in [0.15, 0.2) is 23.8 Å². The molecule has 0 bridgehead atoms. The lowest BCUT2D eigenvalue weighted by Crippen LogP contribution is -2.36. The number of rotatable bonds is 14. The Labute approximate surface area is 274 Å². The van der Waals surface area contributed by atoms with Crippen molar-refractivity contribution in [2.75, 3.05) is 57.9 Å². The van der Waals surface area contributed by atoms with Gasteiger partial charge in [0.25, 0.3) is 5.56 Å². The Morgan fingerprint density at radius 3 is 2.44 bits per heavy atom. The zero-order valence-corrected chi connectivity index (χ0v) is 27.7. The first-order valence-corrected chi connectivity index (χ1v) is 17.2. The van der Waals surface area contributed by atoms with Crippen molar-refractivity contribution in [3.8, 4) is 0 Å². The highest BCUT2D eigenvalue weighted by Crippen LogP contribution is 2.55. The van der Waals surface area contributed by atoms with Gasteiger partial charge >= 0.3 is 7.75 Å². The number of aliphatic hydroxyl groups excluding tert-OH is 2. The first-order valence-electron chi connectivity index (χ1n) is 15.7. The molecule has 262 valence electrons. The first-order chi connectivity index (χ1) is 23.0. The fraction of sp³-hybridized carbons (Fsp3) is 0.630. The van der Waals surface area contributed by atoms with E-state index in [9.17, 15) is 19.6 Å². The molecule has 1 unspecified atom stereocenters. The van der Waals surface area contributed by atoms with Crippen LogP contribution in [-0.2, 0) is 23.1 Å². The van der Waals surface area contributed by atoms with Crippen LogP contribution in [0.2, 0.25) is 0 Å². The quantitative estimate of drug-likeness (QED) is 0.107. The van der Waals surface area contributed by atoms with E-state index >= 15 is 0 Å². The van der Waals surface area contributed by atoms with Gasteiger partial charge < -0.3 is 36.1 Å². The predicted molar refractivity (Wildman–Crippen MR) is 171 cm³/mol. The molecule has 4 aromatic rings. The van der Waals surface area contributed by atoms with Gasteiger partial charge in [-0.15, -0.1) is 0 Å². The van der Waals surface area contributed by atoms with E-state index in [4.69, 9.17) is 30.0 Å². The summed E-state index contributed by atoms with van der Waals surface area (Å²) in [6, 6.07) is 0. The van der Waals surface area contributed by atoms with Crippen LogP contribution in [0.1, 0.15) is 39.1 Å². The maximum Gasteiger partial charge on any atom is 0.408 e. The highest BCUT2D eigenvalue weighted by atomic mass is 31.2. The number of anilines is 2. The van der Waals surface area contributed by atoms with E-state index in [2.05, 4.69) is 34.8 Å². The summed E-state index contributed by atoms with van der Waals surface area (Å²) < 4.78 is 43.8. The van der Waals surface area contributed by atoms with Gasteiger partial charge in [-0.25, -0.2) is 29.2 Å². The molecule has 21 heteroatoms. The molecule has 2 aliphatic rings. The molecule has 6 heterocycles. The number of likely N-dealkylation sites (N-methyl/N-ethyl adjacent to an activating group) is 2. The van der Waals surface area contributed by atoms with Crippen molar-refractivity contribution < 1.29 is 33.3 Å². The van der Waals surface area contributed by atoms with Crippen molar-refractivity contribution in [3.63, 3.8) is 0 Å². The van der Waals surface area contributed by atoms with Crippen molar-refractivity contribution >= 4 is 41.8 Å². The van der Waals surface area contributed by atoms with E-state index in [1.165, 1.54) is 28.2 Å². The minimum Gasteiger partial charge on any atom is -0.394 e. The van der Waals surface area contributed by atoms with Crippen LogP contribution in [0, 0.1) is 0 Å². The topological polar surface area (TPSA) is 260 Å². The summed E-state index contributed by atoms with van der Waals surface area (Å²) in [7, 11) is -2.46. The number of aromatic amines is 1. The monoisotopic (exact) mass is 692 g/mol. The maximum atomic E-state index is 14.6. The number of nitrogen functional groups attached to an aromatic ring is 2. The Hall–Kier alpha value is -3.59. The fourth-order valence-electron chi connectivity index (χ4n) is 5.91. The number of nitrogens with zero attached hydrogens (tertiary/aromatic N) is 9. The second-order valence-corrected chi connectivity index (χ2v) is 13.7. The van der Waals surface area contributed by atoms with Crippen LogP contribution >= 0.6 is 7.75 Å². The molecule has 2 fully saturated rings. The van der Waals surface area contributed by atoms with Crippen LogP contribution in [0.4, 0.5) is 11.8 Å². The van der Waals surface area contributed by atoms with Crippen molar-refractivity contribution in [3.05, 3.63) is 29.3 Å². The summed E-state index contributed by atoms with van der Waals surface area (Å²) in [4.78, 5) is 37.6. The highest BCUT2D eigenvalue weighted by Gasteiger charge is 2.45. The average molecular weight is 693 g/mol. The summed E-state index contributed by atoms with van der Waals surface area (Å²) in [5.74, 6) is 0.126. The van der Waals surface area contributed by atoms with Crippen molar-refractivity contribution in [2.24, 2.45) is 0 Å². The van der Waals surface area contributed by atoms with E-state index in [-0.39, 0.29) is 42.4 Å². The lowest BCUT2D eigenvalue weighted by molar-refractivity contribution is -0.0534. The molecule has 0 spiro atoms. The number of nitrogens with two attached hydrogens (primary N) is 2. The van der Waals surface area contributed by atoms with Crippen molar-refractivity contribution in [1.82, 2.24) is 48.6 Å². The number of fused-ring (bicyclic) bond motifs is 2. The summed E-state index contributed by atoms with van der Waals surface area (Å²) in [5.41, 5.74) is 12.3.